The van der Waals surface area contributed by atoms with Gasteiger partial charge in [-0.3, -0.25) is 4.98 Å². The lowest BCUT2D eigenvalue weighted by Gasteiger charge is -2.04. The molecule has 0 saturated carbocycles. The second-order valence-electron chi connectivity index (χ2n) is 3.23. The number of nitrogens with two attached hydrogens (primary N) is 1. The normalized spacial score (nSPS) is 10.3. The minimum Gasteiger partial charge on any atom is -0.326 e. The van der Waals surface area contributed by atoms with Crippen LogP contribution < -0.4 is 5.73 Å². The van der Waals surface area contributed by atoms with Crippen LogP contribution in [0.5, 0.6) is 0 Å². The number of benzene rings is 1. The van der Waals surface area contributed by atoms with Crippen molar-refractivity contribution in [3.05, 3.63) is 54.0 Å². The van der Waals surface area contributed by atoms with Gasteiger partial charge in [-0.1, -0.05) is 6.07 Å². The molecule has 0 bridgehead atoms. The van der Waals surface area contributed by atoms with Crippen molar-refractivity contribution in [1.29, 1.82) is 0 Å². The van der Waals surface area contributed by atoms with Crippen molar-refractivity contribution in [3.63, 3.8) is 0 Å². The maximum Gasteiger partial charge on any atom is 0.127 e. The van der Waals surface area contributed by atoms with Crippen LogP contribution in [-0.4, -0.2) is 4.98 Å². The molecule has 2 aromatic rings. The molecule has 2 N–H and O–H groups in total. The summed E-state index contributed by atoms with van der Waals surface area (Å²) in [6.07, 6.45) is 1.71. The minimum absolute atomic E-state index is 0.201. The highest BCUT2D eigenvalue weighted by Gasteiger charge is 2.03. The number of halogens is 1. The van der Waals surface area contributed by atoms with Crippen LogP contribution in [0.3, 0.4) is 0 Å². The van der Waals surface area contributed by atoms with Gasteiger partial charge >= 0.3 is 0 Å². The van der Waals surface area contributed by atoms with E-state index >= 15 is 0 Å². The fraction of sp³-hybridized carbons (Fsp3) is 0.0833. The molecule has 0 unspecified atom stereocenters. The van der Waals surface area contributed by atoms with Gasteiger partial charge in [-0.2, -0.15) is 0 Å². The molecule has 2 rings (SSSR count). The number of pyridine rings is 1. The van der Waals surface area contributed by atoms with Crippen LogP contribution in [0.2, 0.25) is 0 Å². The molecule has 0 amide bonds. The maximum absolute atomic E-state index is 13.2. The van der Waals surface area contributed by atoms with E-state index < -0.39 is 0 Å². The zero-order valence-electron chi connectivity index (χ0n) is 8.15. The first-order valence-electron chi connectivity index (χ1n) is 4.71. The summed E-state index contributed by atoms with van der Waals surface area (Å²) in [6.45, 7) is 0.201. The first-order chi connectivity index (χ1) is 7.31. The molecule has 2 nitrogen and oxygen atoms in total. The third-order valence-electron chi connectivity index (χ3n) is 2.23. The molecule has 1 heterocycles. The van der Waals surface area contributed by atoms with Crippen molar-refractivity contribution >= 4 is 0 Å². The van der Waals surface area contributed by atoms with Crippen molar-refractivity contribution in [1.82, 2.24) is 4.98 Å². The SMILES string of the molecule is NCc1cc(-c2ccccn2)ccc1F. The zero-order chi connectivity index (χ0) is 10.7. The summed E-state index contributed by atoms with van der Waals surface area (Å²) in [6, 6.07) is 10.5. The van der Waals surface area contributed by atoms with Gasteiger partial charge in [-0.15, -0.1) is 0 Å². The highest BCUT2D eigenvalue weighted by molar-refractivity contribution is 5.59. The van der Waals surface area contributed by atoms with Gasteiger partial charge in [-0.25, -0.2) is 4.39 Å². The summed E-state index contributed by atoms with van der Waals surface area (Å²) < 4.78 is 13.2. The van der Waals surface area contributed by atoms with E-state index in [4.69, 9.17) is 5.73 Å². The van der Waals surface area contributed by atoms with Gasteiger partial charge in [0, 0.05) is 23.9 Å². The van der Waals surface area contributed by atoms with Crippen LogP contribution in [0.1, 0.15) is 5.56 Å². The average molecular weight is 202 g/mol. The van der Waals surface area contributed by atoms with Gasteiger partial charge in [0.05, 0.1) is 5.69 Å². The molecule has 1 aromatic carbocycles. The van der Waals surface area contributed by atoms with Gasteiger partial charge in [0.1, 0.15) is 5.82 Å². The number of rotatable bonds is 2. The summed E-state index contributed by atoms with van der Waals surface area (Å²) in [5, 5.41) is 0. The van der Waals surface area contributed by atoms with E-state index in [1.54, 1.807) is 18.3 Å². The molecule has 0 atom stereocenters. The van der Waals surface area contributed by atoms with Gasteiger partial charge in [0.15, 0.2) is 0 Å². The fourth-order valence-corrected chi connectivity index (χ4v) is 1.42. The molecule has 0 aliphatic rings. The highest BCUT2D eigenvalue weighted by Crippen LogP contribution is 2.19. The van der Waals surface area contributed by atoms with Gasteiger partial charge in [0.2, 0.25) is 0 Å². The second-order valence-corrected chi connectivity index (χ2v) is 3.23. The van der Waals surface area contributed by atoms with E-state index in [1.807, 2.05) is 18.2 Å². The minimum atomic E-state index is -0.266. The van der Waals surface area contributed by atoms with Gasteiger partial charge < -0.3 is 5.73 Å². The Hall–Kier alpha value is -1.74. The van der Waals surface area contributed by atoms with Gasteiger partial charge in [-0.05, 0) is 30.3 Å². The Kier molecular flexibility index (Phi) is 2.74. The topological polar surface area (TPSA) is 38.9 Å². The first kappa shape index (κ1) is 9.80. The zero-order valence-corrected chi connectivity index (χ0v) is 8.15. The number of aromatic nitrogens is 1. The summed E-state index contributed by atoms with van der Waals surface area (Å²) in [7, 11) is 0. The van der Waals surface area contributed by atoms with E-state index in [9.17, 15) is 4.39 Å². The van der Waals surface area contributed by atoms with E-state index in [0.29, 0.717) is 5.56 Å². The summed E-state index contributed by atoms with van der Waals surface area (Å²) in [5.41, 5.74) is 7.66. The Morgan fingerprint density at radius 2 is 2.07 bits per heavy atom. The third kappa shape index (κ3) is 2.02. The van der Waals surface area contributed by atoms with E-state index in [2.05, 4.69) is 4.98 Å². The molecule has 15 heavy (non-hydrogen) atoms. The lowest BCUT2D eigenvalue weighted by atomic mass is 10.1. The Labute approximate surface area is 87.6 Å². The molecule has 0 aliphatic carbocycles. The van der Waals surface area contributed by atoms with E-state index in [1.165, 1.54) is 6.07 Å². The third-order valence-corrected chi connectivity index (χ3v) is 2.23. The van der Waals surface area contributed by atoms with Crippen LogP contribution in [0.25, 0.3) is 11.3 Å². The molecule has 0 spiro atoms. The van der Waals surface area contributed by atoms with Crippen molar-refractivity contribution in [2.45, 2.75) is 6.54 Å². The van der Waals surface area contributed by atoms with Crippen LogP contribution in [-0.2, 0) is 6.54 Å². The van der Waals surface area contributed by atoms with Crippen LogP contribution in [0.4, 0.5) is 4.39 Å². The Morgan fingerprint density at radius 3 is 2.73 bits per heavy atom. The smallest absolute Gasteiger partial charge is 0.127 e. The Morgan fingerprint density at radius 1 is 1.20 bits per heavy atom. The average Bonchev–Trinajstić information content (AvgIpc) is 2.31. The standard InChI is InChI=1S/C12H11FN2/c13-11-5-4-9(7-10(11)8-14)12-3-1-2-6-15-12/h1-7H,8,14H2. The molecule has 0 saturated heterocycles. The summed E-state index contributed by atoms with van der Waals surface area (Å²) in [4.78, 5) is 4.19. The largest absolute Gasteiger partial charge is 0.326 e. The van der Waals surface area contributed by atoms with Crippen LogP contribution in [0.15, 0.2) is 42.6 Å². The number of hydrogen-bond acceptors (Lipinski definition) is 2. The number of hydrogen-bond donors (Lipinski definition) is 1. The maximum atomic E-state index is 13.2. The van der Waals surface area contributed by atoms with Crippen LogP contribution >= 0.6 is 0 Å². The molecular formula is C12H11FN2. The van der Waals surface area contributed by atoms with Crippen molar-refractivity contribution in [3.8, 4) is 11.3 Å². The molecule has 0 radical (unpaired) electrons. The molecule has 0 aliphatic heterocycles. The van der Waals surface area contributed by atoms with E-state index in [0.717, 1.165) is 11.3 Å². The monoisotopic (exact) mass is 202 g/mol. The molecular weight excluding hydrogens is 191 g/mol. The predicted molar refractivity (Wildman–Crippen MR) is 57.5 cm³/mol. The van der Waals surface area contributed by atoms with Gasteiger partial charge in [0.25, 0.3) is 0 Å². The summed E-state index contributed by atoms with van der Waals surface area (Å²) in [5.74, 6) is -0.266. The quantitative estimate of drug-likeness (QED) is 0.811. The fourth-order valence-electron chi connectivity index (χ4n) is 1.42. The lowest BCUT2D eigenvalue weighted by Crippen LogP contribution is -2.00. The lowest BCUT2D eigenvalue weighted by molar-refractivity contribution is 0.611. The Bertz CT molecular complexity index is 454. The Balaban J connectivity index is 2.46. The second kappa shape index (κ2) is 4.19. The molecule has 76 valence electrons. The van der Waals surface area contributed by atoms with Crippen molar-refractivity contribution < 1.29 is 4.39 Å². The summed E-state index contributed by atoms with van der Waals surface area (Å²) >= 11 is 0. The molecule has 1 aromatic heterocycles. The number of nitrogens with zero attached hydrogens (tertiary/aromatic N) is 1. The van der Waals surface area contributed by atoms with Crippen LogP contribution in [0, 0.1) is 5.82 Å². The van der Waals surface area contributed by atoms with Crippen molar-refractivity contribution in [2.75, 3.05) is 0 Å². The van der Waals surface area contributed by atoms with E-state index in [-0.39, 0.29) is 12.4 Å². The van der Waals surface area contributed by atoms with Crippen molar-refractivity contribution in [2.24, 2.45) is 5.73 Å². The highest BCUT2D eigenvalue weighted by atomic mass is 19.1. The molecule has 0 fully saturated rings. The first-order valence-corrected chi connectivity index (χ1v) is 4.71. The predicted octanol–water partition coefficient (Wildman–Crippen LogP) is 2.35. The molecule has 3 heteroatoms.